The normalized spacial score (nSPS) is 11.2. The monoisotopic (exact) mass is 345 g/mol. The number of nitrogens with zero attached hydrogens (tertiary/aromatic N) is 2. The Morgan fingerprint density at radius 2 is 2.10 bits per heavy atom. The van der Waals surface area contributed by atoms with Crippen molar-refractivity contribution in [2.24, 2.45) is 0 Å². The predicted molar refractivity (Wildman–Crippen MR) is 80.8 cm³/mol. The first kappa shape index (κ1) is 16.7. The van der Waals surface area contributed by atoms with Crippen molar-refractivity contribution < 1.29 is 9.53 Å². The first-order valence-electron chi connectivity index (χ1n) is 6.47. The van der Waals surface area contributed by atoms with E-state index in [-0.39, 0.29) is 17.6 Å². The van der Waals surface area contributed by atoms with Crippen molar-refractivity contribution in [1.82, 2.24) is 9.78 Å². The van der Waals surface area contributed by atoms with Gasteiger partial charge in [0.2, 0.25) is 0 Å². The van der Waals surface area contributed by atoms with E-state index in [1.165, 1.54) is 13.3 Å². The maximum absolute atomic E-state index is 12.1. The number of halogens is 1. The van der Waals surface area contributed by atoms with E-state index in [1.54, 1.807) is 0 Å². The minimum absolute atomic E-state index is 0.106. The molecule has 1 aromatic rings. The van der Waals surface area contributed by atoms with Crippen LogP contribution in [0.15, 0.2) is 15.5 Å². The molecular weight excluding hydrogens is 326 g/mol. The Morgan fingerprint density at radius 3 is 2.60 bits per heavy atom. The summed E-state index contributed by atoms with van der Waals surface area (Å²) in [5, 5.41) is 7.31. The molecule has 0 saturated carbocycles. The molecule has 6 nitrogen and oxygen atoms in total. The van der Waals surface area contributed by atoms with E-state index < -0.39 is 5.97 Å². The molecule has 112 valence electrons. The Labute approximate surface area is 126 Å². The first-order chi connectivity index (χ1) is 9.36. The van der Waals surface area contributed by atoms with Gasteiger partial charge in [-0.1, -0.05) is 13.8 Å². The lowest BCUT2D eigenvalue weighted by Gasteiger charge is -2.29. The molecular formula is C13H20BrN3O3. The van der Waals surface area contributed by atoms with Crippen molar-refractivity contribution >= 4 is 27.6 Å². The second-order valence-electron chi connectivity index (χ2n) is 4.80. The number of methoxy groups -OCH3 is 1. The van der Waals surface area contributed by atoms with Crippen LogP contribution < -0.4 is 10.9 Å². The van der Waals surface area contributed by atoms with Crippen LogP contribution in [-0.4, -0.2) is 28.4 Å². The molecule has 0 aromatic carbocycles. The highest BCUT2D eigenvalue weighted by atomic mass is 79.9. The molecule has 20 heavy (non-hydrogen) atoms. The minimum atomic E-state index is -0.515. The van der Waals surface area contributed by atoms with Crippen LogP contribution in [0.5, 0.6) is 0 Å². The average Bonchev–Trinajstić information content (AvgIpc) is 2.46. The summed E-state index contributed by atoms with van der Waals surface area (Å²) in [7, 11) is 1.27. The Kier molecular flexibility index (Phi) is 5.74. The molecule has 1 heterocycles. The molecule has 0 aliphatic heterocycles. The lowest BCUT2D eigenvalue weighted by atomic mass is 9.95. The molecule has 1 aromatic heterocycles. The standard InChI is InChI=1S/C13H20BrN3O3/c1-5-13(3,6-2)16-9-7-15-17(8-10(18)20-4)12(19)11(9)14/h7,16H,5-6,8H2,1-4H3. The molecule has 0 aliphatic rings. The van der Waals surface area contributed by atoms with E-state index in [9.17, 15) is 9.59 Å². The molecule has 0 spiro atoms. The average molecular weight is 346 g/mol. The van der Waals surface area contributed by atoms with E-state index in [1.807, 2.05) is 0 Å². The second kappa shape index (κ2) is 6.88. The number of hydrogen-bond donors (Lipinski definition) is 1. The summed E-state index contributed by atoms with van der Waals surface area (Å²) >= 11 is 3.27. The molecule has 0 saturated heterocycles. The number of aromatic nitrogens is 2. The van der Waals surface area contributed by atoms with Crippen LogP contribution in [0.1, 0.15) is 33.6 Å². The fourth-order valence-electron chi connectivity index (χ4n) is 1.60. The fraction of sp³-hybridized carbons (Fsp3) is 0.615. The number of rotatable bonds is 6. The van der Waals surface area contributed by atoms with Gasteiger partial charge in [0.25, 0.3) is 5.56 Å². The van der Waals surface area contributed by atoms with Crippen LogP contribution in [-0.2, 0) is 16.1 Å². The number of anilines is 1. The number of ether oxygens (including phenoxy) is 1. The second-order valence-corrected chi connectivity index (χ2v) is 5.60. The highest BCUT2D eigenvalue weighted by Crippen LogP contribution is 2.25. The summed E-state index contributed by atoms with van der Waals surface area (Å²) < 4.78 is 5.96. The third kappa shape index (κ3) is 3.82. The van der Waals surface area contributed by atoms with Crippen molar-refractivity contribution in [2.45, 2.75) is 45.7 Å². The SMILES string of the molecule is CCC(C)(CC)Nc1cnn(CC(=O)OC)c(=O)c1Br. The van der Waals surface area contributed by atoms with Crippen molar-refractivity contribution in [1.29, 1.82) is 0 Å². The number of esters is 1. The highest BCUT2D eigenvalue weighted by Gasteiger charge is 2.21. The molecule has 1 N–H and O–H groups in total. The van der Waals surface area contributed by atoms with Crippen molar-refractivity contribution in [3.8, 4) is 0 Å². The van der Waals surface area contributed by atoms with Gasteiger partial charge in [-0.15, -0.1) is 0 Å². The number of nitrogens with one attached hydrogen (secondary N) is 1. The van der Waals surface area contributed by atoms with E-state index >= 15 is 0 Å². The Morgan fingerprint density at radius 1 is 1.50 bits per heavy atom. The van der Waals surface area contributed by atoms with Crippen molar-refractivity contribution in [3.63, 3.8) is 0 Å². The van der Waals surface area contributed by atoms with E-state index in [0.29, 0.717) is 10.2 Å². The molecule has 0 amide bonds. The van der Waals surface area contributed by atoms with Gasteiger partial charge in [0.15, 0.2) is 0 Å². The lowest BCUT2D eigenvalue weighted by Crippen LogP contribution is -2.35. The highest BCUT2D eigenvalue weighted by molar-refractivity contribution is 9.10. The Balaban J connectivity index is 3.06. The summed E-state index contributed by atoms with van der Waals surface area (Å²) in [6, 6.07) is 0. The van der Waals surface area contributed by atoms with Crippen LogP contribution in [0.2, 0.25) is 0 Å². The molecule has 0 radical (unpaired) electrons. The molecule has 7 heteroatoms. The minimum Gasteiger partial charge on any atom is -0.468 e. The third-order valence-electron chi connectivity index (χ3n) is 3.49. The van der Waals surface area contributed by atoms with Crippen LogP contribution in [0.3, 0.4) is 0 Å². The maximum atomic E-state index is 12.1. The maximum Gasteiger partial charge on any atom is 0.327 e. The zero-order valence-corrected chi connectivity index (χ0v) is 13.8. The number of hydrogen-bond acceptors (Lipinski definition) is 5. The van der Waals surface area contributed by atoms with Gasteiger partial charge in [-0.05, 0) is 35.7 Å². The van der Waals surface area contributed by atoms with Gasteiger partial charge in [-0.2, -0.15) is 5.10 Å². The van der Waals surface area contributed by atoms with Crippen LogP contribution in [0, 0.1) is 0 Å². The number of carbonyl (C=O) groups excluding carboxylic acids is 1. The molecule has 0 fully saturated rings. The van der Waals surface area contributed by atoms with Gasteiger partial charge in [0, 0.05) is 5.54 Å². The predicted octanol–water partition coefficient (Wildman–Crippen LogP) is 2.17. The van der Waals surface area contributed by atoms with E-state index in [0.717, 1.165) is 17.5 Å². The van der Waals surface area contributed by atoms with E-state index in [2.05, 4.69) is 51.9 Å². The lowest BCUT2D eigenvalue weighted by molar-refractivity contribution is -0.141. The molecule has 0 aliphatic carbocycles. The van der Waals surface area contributed by atoms with Crippen LogP contribution in [0.25, 0.3) is 0 Å². The topological polar surface area (TPSA) is 73.2 Å². The van der Waals surface area contributed by atoms with E-state index in [4.69, 9.17) is 0 Å². The summed E-state index contributed by atoms with van der Waals surface area (Å²) in [4.78, 5) is 23.3. The number of carbonyl (C=O) groups is 1. The largest absolute Gasteiger partial charge is 0.468 e. The van der Waals surface area contributed by atoms with Gasteiger partial charge < -0.3 is 10.1 Å². The molecule has 0 atom stereocenters. The summed E-state index contributed by atoms with van der Waals surface area (Å²) in [6.45, 7) is 6.04. The summed E-state index contributed by atoms with van der Waals surface area (Å²) in [5.74, 6) is -0.515. The fourth-order valence-corrected chi connectivity index (χ4v) is 2.01. The van der Waals surface area contributed by atoms with Crippen LogP contribution in [0.4, 0.5) is 5.69 Å². The smallest absolute Gasteiger partial charge is 0.327 e. The first-order valence-corrected chi connectivity index (χ1v) is 7.26. The van der Waals surface area contributed by atoms with Gasteiger partial charge in [0.05, 0.1) is 19.0 Å². The quantitative estimate of drug-likeness (QED) is 0.800. The Bertz CT molecular complexity index is 538. The third-order valence-corrected chi connectivity index (χ3v) is 4.25. The molecule has 0 unspecified atom stereocenters. The van der Waals surface area contributed by atoms with Crippen LogP contribution >= 0.6 is 15.9 Å². The zero-order chi connectivity index (χ0) is 15.3. The van der Waals surface area contributed by atoms with Gasteiger partial charge >= 0.3 is 5.97 Å². The van der Waals surface area contributed by atoms with Gasteiger partial charge in [-0.3, -0.25) is 9.59 Å². The van der Waals surface area contributed by atoms with Crippen molar-refractivity contribution in [2.75, 3.05) is 12.4 Å². The Hall–Kier alpha value is -1.37. The van der Waals surface area contributed by atoms with Gasteiger partial charge in [0.1, 0.15) is 11.0 Å². The summed E-state index contributed by atoms with van der Waals surface area (Å²) in [5.41, 5.74) is 0.155. The van der Waals surface area contributed by atoms with Gasteiger partial charge in [-0.25, -0.2) is 4.68 Å². The van der Waals surface area contributed by atoms with Crippen molar-refractivity contribution in [3.05, 3.63) is 21.0 Å². The molecule has 1 rings (SSSR count). The zero-order valence-electron chi connectivity index (χ0n) is 12.2. The summed E-state index contributed by atoms with van der Waals surface area (Å²) in [6.07, 6.45) is 3.38. The molecule has 0 bridgehead atoms.